The molecule has 0 spiro atoms. The van der Waals surface area contributed by atoms with Crippen LogP contribution >= 0.6 is 0 Å². The molecule has 1 rings (SSSR count). The third-order valence-electron chi connectivity index (χ3n) is 1.22. The van der Waals surface area contributed by atoms with Gasteiger partial charge in [-0.25, -0.2) is 9.72 Å². The molecule has 0 atom stereocenters. The highest BCUT2D eigenvalue weighted by molar-refractivity contribution is 5.72. The molecule has 0 aliphatic heterocycles. The molecule has 0 radical (unpaired) electrons. The van der Waals surface area contributed by atoms with Crippen LogP contribution in [-0.4, -0.2) is 23.0 Å². The Balaban J connectivity index is 2.97. The Morgan fingerprint density at radius 2 is 2.27 bits per heavy atom. The number of aryl methyl sites for hydroxylation is 1. The molecule has 1 aromatic heterocycles. The number of hydrogen-bond donors (Lipinski definition) is 0. The number of rotatable bonds is 1. The summed E-state index contributed by atoms with van der Waals surface area (Å²) in [6.45, 7) is 1.89. The molecule has 0 bridgehead atoms. The van der Waals surface area contributed by atoms with Crippen molar-refractivity contribution >= 4 is 6.21 Å². The Morgan fingerprint density at radius 3 is 2.82 bits per heavy atom. The van der Waals surface area contributed by atoms with Gasteiger partial charge in [0.05, 0.1) is 0 Å². The summed E-state index contributed by atoms with van der Waals surface area (Å²) in [6.07, 6.45) is 1.44. The minimum atomic E-state index is 0.697. The van der Waals surface area contributed by atoms with Gasteiger partial charge in [-0.3, -0.25) is 0 Å². The standard InChI is InChI=1S/C8H10N2O/c1-7-4-3-5-8(9-7)6-10(2)11/h3-6H,1-2H3. The van der Waals surface area contributed by atoms with E-state index in [9.17, 15) is 5.21 Å². The maximum atomic E-state index is 10.5. The van der Waals surface area contributed by atoms with E-state index in [2.05, 4.69) is 4.98 Å². The minimum Gasteiger partial charge on any atom is -0.624 e. The largest absolute Gasteiger partial charge is 0.624 e. The molecule has 0 aromatic carbocycles. The molecule has 0 amide bonds. The van der Waals surface area contributed by atoms with Crippen molar-refractivity contribution in [2.24, 2.45) is 0 Å². The average molecular weight is 150 g/mol. The molecule has 1 aromatic rings. The van der Waals surface area contributed by atoms with Crippen LogP contribution in [0.4, 0.5) is 0 Å². The van der Waals surface area contributed by atoms with E-state index in [1.165, 1.54) is 13.3 Å². The summed E-state index contributed by atoms with van der Waals surface area (Å²) >= 11 is 0. The highest BCUT2D eigenvalue weighted by Crippen LogP contribution is 1.93. The summed E-state index contributed by atoms with van der Waals surface area (Å²) in [5.41, 5.74) is 1.61. The molecule has 0 aliphatic carbocycles. The third kappa shape index (κ3) is 2.37. The van der Waals surface area contributed by atoms with Gasteiger partial charge in [-0.2, -0.15) is 0 Å². The Labute approximate surface area is 65.6 Å². The van der Waals surface area contributed by atoms with Crippen molar-refractivity contribution in [1.29, 1.82) is 0 Å². The van der Waals surface area contributed by atoms with E-state index < -0.39 is 0 Å². The maximum Gasteiger partial charge on any atom is 0.200 e. The van der Waals surface area contributed by atoms with Crippen molar-refractivity contribution in [2.75, 3.05) is 7.05 Å². The Hall–Kier alpha value is -1.38. The van der Waals surface area contributed by atoms with Gasteiger partial charge in [0.15, 0.2) is 6.21 Å². The lowest BCUT2D eigenvalue weighted by molar-refractivity contribution is -0.416. The molecule has 1 heterocycles. The van der Waals surface area contributed by atoms with Crippen LogP contribution in [0.15, 0.2) is 18.2 Å². The number of pyridine rings is 1. The second-order valence-electron chi connectivity index (χ2n) is 2.38. The van der Waals surface area contributed by atoms with Crippen LogP contribution in [-0.2, 0) is 0 Å². The lowest BCUT2D eigenvalue weighted by atomic mass is 10.3. The normalized spacial score (nSPS) is 11.6. The summed E-state index contributed by atoms with van der Waals surface area (Å²) in [4.78, 5) is 4.12. The zero-order valence-electron chi connectivity index (χ0n) is 6.61. The zero-order valence-corrected chi connectivity index (χ0v) is 6.61. The number of hydrogen-bond acceptors (Lipinski definition) is 2. The molecule has 0 fully saturated rings. The Morgan fingerprint density at radius 1 is 1.55 bits per heavy atom. The Kier molecular flexibility index (Phi) is 2.21. The van der Waals surface area contributed by atoms with E-state index >= 15 is 0 Å². The fraction of sp³-hybridized carbons (Fsp3) is 0.250. The summed E-state index contributed by atoms with van der Waals surface area (Å²) in [5.74, 6) is 0. The summed E-state index contributed by atoms with van der Waals surface area (Å²) in [7, 11) is 1.43. The lowest BCUT2D eigenvalue weighted by Crippen LogP contribution is -1.99. The van der Waals surface area contributed by atoms with Crippen LogP contribution in [0.1, 0.15) is 11.4 Å². The van der Waals surface area contributed by atoms with Crippen LogP contribution < -0.4 is 0 Å². The lowest BCUT2D eigenvalue weighted by Gasteiger charge is -1.95. The van der Waals surface area contributed by atoms with E-state index in [0.717, 1.165) is 10.4 Å². The fourth-order valence-corrected chi connectivity index (χ4v) is 0.822. The van der Waals surface area contributed by atoms with Crippen LogP contribution in [0.5, 0.6) is 0 Å². The van der Waals surface area contributed by atoms with E-state index in [1.54, 1.807) is 6.07 Å². The van der Waals surface area contributed by atoms with Crippen molar-refractivity contribution in [3.05, 3.63) is 34.8 Å². The van der Waals surface area contributed by atoms with Crippen LogP contribution in [0, 0.1) is 12.1 Å². The summed E-state index contributed by atoms with van der Waals surface area (Å²) in [5, 5.41) is 10.5. The number of aromatic nitrogens is 1. The van der Waals surface area contributed by atoms with Gasteiger partial charge in [0.1, 0.15) is 12.7 Å². The summed E-state index contributed by atoms with van der Waals surface area (Å²) < 4.78 is 0.738. The quantitative estimate of drug-likeness (QED) is 0.259. The first-order chi connectivity index (χ1) is 5.18. The monoisotopic (exact) mass is 150 g/mol. The van der Waals surface area contributed by atoms with E-state index in [0.29, 0.717) is 5.69 Å². The average Bonchev–Trinajstić information content (AvgIpc) is 1.85. The second-order valence-corrected chi connectivity index (χ2v) is 2.38. The first-order valence-electron chi connectivity index (χ1n) is 3.37. The topological polar surface area (TPSA) is 39.0 Å². The third-order valence-corrected chi connectivity index (χ3v) is 1.22. The molecule has 0 saturated heterocycles. The van der Waals surface area contributed by atoms with Gasteiger partial charge in [0.25, 0.3) is 0 Å². The molecule has 58 valence electrons. The molecule has 0 unspecified atom stereocenters. The second kappa shape index (κ2) is 3.14. The van der Waals surface area contributed by atoms with Gasteiger partial charge in [-0.05, 0) is 19.1 Å². The molecular formula is C8H10N2O. The van der Waals surface area contributed by atoms with Crippen molar-refractivity contribution < 1.29 is 4.74 Å². The number of hydroxylamine groups is 1. The molecule has 0 aliphatic rings. The van der Waals surface area contributed by atoms with E-state index in [4.69, 9.17) is 0 Å². The Bertz CT molecular complexity index is 277. The predicted molar refractivity (Wildman–Crippen MR) is 43.7 cm³/mol. The number of nitrogens with zero attached hydrogens (tertiary/aromatic N) is 2. The van der Waals surface area contributed by atoms with Gasteiger partial charge in [0.2, 0.25) is 0 Å². The molecule has 0 N–H and O–H groups in total. The van der Waals surface area contributed by atoms with Gasteiger partial charge >= 0.3 is 0 Å². The maximum absolute atomic E-state index is 10.5. The van der Waals surface area contributed by atoms with Gasteiger partial charge in [-0.15, -0.1) is 0 Å². The minimum absolute atomic E-state index is 0.697. The van der Waals surface area contributed by atoms with Crippen LogP contribution in [0.2, 0.25) is 0 Å². The molecule has 3 heteroatoms. The fourth-order valence-electron chi connectivity index (χ4n) is 0.822. The molecule has 0 saturated carbocycles. The van der Waals surface area contributed by atoms with Crippen LogP contribution in [0.3, 0.4) is 0 Å². The SMILES string of the molecule is Cc1cccc(C=[N+](C)[O-])n1. The highest BCUT2D eigenvalue weighted by atomic mass is 16.5. The van der Waals surface area contributed by atoms with E-state index in [-0.39, 0.29) is 0 Å². The van der Waals surface area contributed by atoms with Gasteiger partial charge < -0.3 is 5.21 Å². The van der Waals surface area contributed by atoms with Crippen molar-refractivity contribution in [2.45, 2.75) is 6.92 Å². The molecule has 11 heavy (non-hydrogen) atoms. The van der Waals surface area contributed by atoms with Gasteiger partial charge in [-0.1, -0.05) is 6.07 Å². The molecular weight excluding hydrogens is 140 g/mol. The van der Waals surface area contributed by atoms with Crippen LogP contribution in [0.25, 0.3) is 0 Å². The van der Waals surface area contributed by atoms with E-state index in [1.807, 2.05) is 19.1 Å². The van der Waals surface area contributed by atoms with Crippen molar-refractivity contribution in [1.82, 2.24) is 4.98 Å². The van der Waals surface area contributed by atoms with Crippen molar-refractivity contribution in [3.63, 3.8) is 0 Å². The first-order valence-corrected chi connectivity index (χ1v) is 3.37. The zero-order chi connectivity index (χ0) is 8.27. The predicted octanol–water partition coefficient (Wildman–Crippen LogP) is 0.949. The summed E-state index contributed by atoms with van der Waals surface area (Å²) in [6, 6.07) is 5.56. The van der Waals surface area contributed by atoms with Gasteiger partial charge in [0, 0.05) is 5.69 Å². The van der Waals surface area contributed by atoms with Crippen molar-refractivity contribution in [3.8, 4) is 0 Å². The highest BCUT2D eigenvalue weighted by Gasteiger charge is 1.92. The molecule has 3 nitrogen and oxygen atoms in total. The first kappa shape index (κ1) is 7.72. The smallest absolute Gasteiger partial charge is 0.200 e.